The van der Waals surface area contributed by atoms with E-state index in [0.717, 1.165) is 25.9 Å². The molecule has 1 N–H and O–H groups in total. The molecule has 0 spiro atoms. The van der Waals surface area contributed by atoms with Crippen molar-refractivity contribution < 1.29 is 9.84 Å². The molecule has 3 atom stereocenters. The van der Waals surface area contributed by atoms with Gasteiger partial charge >= 0.3 is 0 Å². The molecule has 3 unspecified atom stereocenters. The van der Waals surface area contributed by atoms with Gasteiger partial charge in [-0.05, 0) is 35.8 Å². The van der Waals surface area contributed by atoms with E-state index in [1.165, 1.54) is 11.1 Å². The Balaban J connectivity index is 1.99. The maximum Gasteiger partial charge on any atom is 0.0634 e. The lowest BCUT2D eigenvalue weighted by atomic mass is 9.85. The van der Waals surface area contributed by atoms with E-state index < -0.39 is 0 Å². The topological polar surface area (TPSA) is 29.5 Å². The maximum atomic E-state index is 10.5. The zero-order valence-corrected chi connectivity index (χ0v) is 13.2. The second-order valence-electron chi connectivity index (χ2n) is 6.99. The van der Waals surface area contributed by atoms with Crippen molar-refractivity contribution in [1.82, 2.24) is 0 Å². The number of hydrogen-bond acceptors (Lipinski definition) is 2. The smallest absolute Gasteiger partial charge is 0.0634 e. The Morgan fingerprint density at radius 2 is 1.90 bits per heavy atom. The van der Waals surface area contributed by atoms with Crippen molar-refractivity contribution >= 4 is 0 Å². The first kappa shape index (κ1) is 15.5. The highest BCUT2D eigenvalue weighted by Crippen LogP contribution is 2.29. The van der Waals surface area contributed by atoms with Crippen LogP contribution in [0.15, 0.2) is 24.3 Å². The van der Waals surface area contributed by atoms with Crippen LogP contribution in [-0.4, -0.2) is 23.9 Å². The third kappa shape index (κ3) is 3.62. The van der Waals surface area contributed by atoms with Gasteiger partial charge in [0.2, 0.25) is 0 Å². The number of rotatable bonds is 4. The number of benzene rings is 1. The van der Waals surface area contributed by atoms with Crippen molar-refractivity contribution in [2.24, 2.45) is 5.92 Å². The van der Waals surface area contributed by atoms with Crippen LogP contribution >= 0.6 is 0 Å². The third-order valence-corrected chi connectivity index (χ3v) is 4.42. The Bertz CT molecular complexity index is 416. The van der Waals surface area contributed by atoms with Gasteiger partial charge in [-0.25, -0.2) is 0 Å². The molecular weight excluding hydrogens is 248 g/mol. The van der Waals surface area contributed by atoms with E-state index in [-0.39, 0.29) is 17.6 Å². The lowest BCUT2D eigenvalue weighted by molar-refractivity contribution is 0.0318. The standard InChI is InChI=1S/C18H28O2/c1-5-17-15(10-11-20-17)16(19)12-13-6-8-14(9-7-13)18(2,3)4/h6-9,15-17,19H,5,10-12H2,1-4H3. The van der Waals surface area contributed by atoms with Crippen molar-refractivity contribution in [3.05, 3.63) is 35.4 Å². The van der Waals surface area contributed by atoms with Gasteiger partial charge in [-0.15, -0.1) is 0 Å². The summed E-state index contributed by atoms with van der Waals surface area (Å²) in [5.74, 6) is 0.294. The Kier molecular flexibility index (Phi) is 4.87. The summed E-state index contributed by atoms with van der Waals surface area (Å²) in [5.41, 5.74) is 2.74. The molecule has 112 valence electrons. The van der Waals surface area contributed by atoms with Crippen molar-refractivity contribution in [3.8, 4) is 0 Å². The lowest BCUT2D eigenvalue weighted by Gasteiger charge is -2.23. The minimum Gasteiger partial charge on any atom is -0.392 e. The summed E-state index contributed by atoms with van der Waals surface area (Å²) in [6.07, 6.45) is 2.65. The summed E-state index contributed by atoms with van der Waals surface area (Å²) < 4.78 is 5.68. The Labute approximate surface area is 123 Å². The van der Waals surface area contributed by atoms with Crippen LogP contribution in [-0.2, 0) is 16.6 Å². The van der Waals surface area contributed by atoms with Gasteiger partial charge < -0.3 is 9.84 Å². The van der Waals surface area contributed by atoms with Gasteiger partial charge in [-0.3, -0.25) is 0 Å². The average Bonchev–Trinajstić information content (AvgIpc) is 2.86. The normalized spacial score (nSPS) is 24.9. The van der Waals surface area contributed by atoms with E-state index in [9.17, 15) is 5.11 Å². The number of aliphatic hydroxyl groups excluding tert-OH is 1. The SMILES string of the molecule is CCC1OCCC1C(O)Cc1ccc(C(C)(C)C)cc1. The van der Waals surface area contributed by atoms with E-state index in [0.29, 0.717) is 5.92 Å². The zero-order valence-electron chi connectivity index (χ0n) is 13.2. The fourth-order valence-corrected chi connectivity index (χ4v) is 3.06. The van der Waals surface area contributed by atoms with Gasteiger partial charge in [0.25, 0.3) is 0 Å². The van der Waals surface area contributed by atoms with Crippen LogP contribution in [0.3, 0.4) is 0 Å². The first-order valence-corrected chi connectivity index (χ1v) is 7.81. The molecule has 1 aliphatic rings. The number of ether oxygens (including phenoxy) is 1. The zero-order chi connectivity index (χ0) is 14.8. The molecular formula is C18H28O2. The van der Waals surface area contributed by atoms with Crippen LogP contribution in [0, 0.1) is 5.92 Å². The predicted molar refractivity (Wildman–Crippen MR) is 83.0 cm³/mol. The van der Waals surface area contributed by atoms with Crippen LogP contribution in [0.25, 0.3) is 0 Å². The van der Waals surface area contributed by atoms with Crippen LogP contribution in [0.4, 0.5) is 0 Å². The molecule has 1 aliphatic heterocycles. The van der Waals surface area contributed by atoms with Crippen LogP contribution < -0.4 is 0 Å². The Morgan fingerprint density at radius 3 is 2.45 bits per heavy atom. The summed E-state index contributed by atoms with van der Waals surface area (Å²) in [6, 6.07) is 8.68. The Morgan fingerprint density at radius 1 is 1.25 bits per heavy atom. The minimum atomic E-state index is -0.289. The molecule has 0 bridgehead atoms. The van der Waals surface area contributed by atoms with Gasteiger partial charge in [0.1, 0.15) is 0 Å². The summed E-state index contributed by atoms with van der Waals surface area (Å²) in [6.45, 7) is 9.59. The van der Waals surface area contributed by atoms with Gasteiger partial charge in [0.15, 0.2) is 0 Å². The molecule has 2 rings (SSSR count). The van der Waals surface area contributed by atoms with Crippen molar-refractivity contribution in [2.45, 2.75) is 64.6 Å². The summed E-state index contributed by atoms with van der Waals surface area (Å²) in [7, 11) is 0. The highest BCUT2D eigenvalue weighted by atomic mass is 16.5. The molecule has 0 saturated carbocycles. The molecule has 1 aromatic rings. The highest BCUT2D eigenvalue weighted by molar-refractivity contribution is 5.28. The van der Waals surface area contributed by atoms with Gasteiger partial charge in [-0.2, -0.15) is 0 Å². The Hall–Kier alpha value is -0.860. The average molecular weight is 276 g/mol. The van der Waals surface area contributed by atoms with Crippen LogP contribution in [0.1, 0.15) is 51.7 Å². The van der Waals surface area contributed by atoms with E-state index >= 15 is 0 Å². The molecule has 20 heavy (non-hydrogen) atoms. The van der Waals surface area contributed by atoms with Gasteiger partial charge in [-0.1, -0.05) is 52.0 Å². The fraction of sp³-hybridized carbons (Fsp3) is 0.667. The molecule has 0 aliphatic carbocycles. The molecule has 1 fully saturated rings. The van der Waals surface area contributed by atoms with Crippen molar-refractivity contribution in [1.29, 1.82) is 0 Å². The molecule has 1 heterocycles. The predicted octanol–water partition coefficient (Wildman–Crippen LogP) is 3.70. The number of hydrogen-bond donors (Lipinski definition) is 1. The maximum absolute atomic E-state index is 10.5. The molecule has 0 radical (unpaired) electrons. The van der Waals surface area contributed by atoms with Crippen molar-refractivity contribution in [3.63, 3.8) is 0 Å². The minimum absolute atomic E-state index is 0.184. The quantitative estimate of drug-likeness (QED) is 0.908. The van der Waals surface area contributed by atoms with Gasteiger partial charge in [0.05, 0.1) is 12.2 Å². The summed E-state index contributed by atoms with van der Waals surface area (Å²) in [5, 5.41) is 10.5. The molecule has 1 aromatic carbocycles. The van der Waals surface area contributed by atoms with E-state index in [1.807, 2.05) is 0 Å². The van der Waals surface area contributed by atoms with Gasteiger partial charge in [0, 0.05) is 12.5 Å². The molecule has 2 heteroatoms. The van der Waals surface area contributed by atoms with E-state index in [2.05, 4.69) is 52.0 Å². The van der Waals surface area contributed by atoms with Crippen LogP contribution in [0.2, 0.25) is 0 Å². The number of aliphatic hydroxyl groups is 1. The lowest BCUT2D eigenvalue weighted by Crippen LogP contribution is -2.29. The fourth-order valence-electron chi connectivity index (χ4n) is 3.06. The highest BCUT2D eigenvalue weighted by Gasteiger charge is 2.32. The second-order valence-corrected chi connectivity index (χ2v) is 6.99. The van der Waals surface area contributed by atoms with Crippen molar-refractivity contribution in [2.75, 3.05) is 6.61 Å². The molecule has 0 amide bonds. The third-order valence-electron chi connectivity index (χ3n) is 4.42. The molecule has 1 saturated heterocycles. The molecule has 2 nitrogen and oxygen atoms in total. The monoisotopic (exact) mass is 276 g/mol. The van der Waals surface area contributed by atoms with E-state index in [4.69, 9.17) is 4.74 Å². The summed E-state index contributed by atoms with van der Waals surface area (Å²) in [4.78, 5) is 0. The summed E-state index contributed by atoms with van der Waals surface area (Å²) >= 11 is 0. The first-order valence-electron chi connectivity index (χ1n) is 7.81. The largest absolute Gasteiger partial charge is 0.392 e. The second kappa shape index (κ2) is 6.28. The first-order chi connectivity index (χ1) is 9.41. The molecule has 0 aromatic heterocycles. The van der Waals surface area contributed by atoms with Crippen LogP contribution in [0.5, 0.6) is 0 Å². The van der Waals surface area contributed by atoms with E-state index in [1.54, 1.807) is 0 Å².